The zero-order chi connectivity index (χ0) is 11.5. The molecule has 0 saturated carbocycles. The molecule has 86 valence electrons. The largest absolute Gasteiger partial charge is 0.323 e. The summed E-state index contributed by atoms with van der Waals surface area (Å²) >= 11 is 11.7. The van der Waals surface area contributed by atoms with Crippen molar-refractivity contribution in [2.75, 3.05) is 11.9 Å². The SMILES string of the molecule is O=C(Nc1ccc(Cl)cc1Cl)C1CCCN1. The second-order valence-electron chi connectivity index (χ2n) is 3.76. The first-order valence-corrected chi connectivity index (χ1v) is 5.92. The molecule has 1 unspecified atom stereocenters. The van der Waals surface area contributed by atoms with Crippen LogP contribution in [0.1, 0.15) is 12.8 Å². The summed E-state index contributed by atoms with van der Waals surface area (Å²) in [6, 6.07) is 4.91. The Kier molecular flexibility index (Phi) is 3.69. The maximum atomic E-state index is 11.8. The van der Waals surface area contributed by atoms with E-state index in [0.29, 0.717) is 15.7 Å². The van der Waals surface area contributed by atoms with Crippen LogP contribution in [-0.4, -0.2) is 18.5 Å². The van der Waals surface area contributed by atoms with E-state index in [2.05, 4.69) is 10.6 Å². The lowest BCUT2D eigenvalue weighted by Crippen LogP contribution is -2.35. The van der Waals surface area contributed by atoms with E-state index in [9.17, 15) is 4.79 Å². The number of amides is 1. The quantitative estimate of drug-likeness (QED) is 0.857. The molecule has 1 amide bonds. The number of nitrogens with one attached hydrogen (secondary N) is 2. The Bertz CT molecular complexity index is 403. The topological polar surface area (TPSA) is 41.1 Å². The summed E-state index contributed by atoms with van der Waals surface area (Å²) in [7, 11) is 0. The van der Waals surface area contributed by atoms with Crippen LogP contribution in [0, 0.1) is 0 Å². The van der Waals surface area contributed by atoms with Crippen LogP contribution in [0.3, 0.4) is 0 Å². The molecule has 1 saturated heterocycles. The van der Waals surface area contributed by atoms with Crippen molar-refractivity contribution in [1.29, 1.82) is 0 Å². The summed E-state index contributed by atoms with van der Waals surface area (Å²) in [5, 5.41) is 6.93. The molecule has 0 radical (unpaired) electrons. The highest BCUT2D eigenvalue weighted by Crippen LogP contribution is 2.25. The fourth-order valence-corrected chi connectivity index (χ4v) is 2.17. The van der Waals surface area contributed by atoms with Crippen LogP contribution in [0.15, 0.2) is 18.2 Å². The zero-order valence-electron chi connectivity index (χ0n) is 8.59. The first-order valence-electron chi connectivity index (χ1n) is 5.16. The molecule has 1 aromatic rings. The van der Waals surface area contributed by atoms with Gasteiger partial charge in [-0.1, -0.05) is 23.2 Å². The Morgan fingerprint density at radius 2 is 2.25 bits per heavy atom. The van der Waals surface area contributed by atoms with E-state index in [0.717, 1.165) is 19.4 Å². The van der Waals surface area contributed by atoms with Crippen molar-refractivity contribution in [2.24, 2.45) is 0 Å². The van der Waals surface area contributed by atoms with Gasteiger partial charge < -0.3 is 10.6 Å². The molecule has 0 aliphatic carbocycles. The summed E-state index contributed by atoms with van der Waals surface area (Å²) in [6.07, 6.45) is 1.91. The second-order valence-corrected chi connectivity index (χ2v) is 4.61. The van der Waals surface area contributed by atoms with Crippen LogP contribution < -0.4 is 10.6 Å². The minimum absolute atomic E-state index is 0.0401. The van der Waals surface area contributed by atoms with E-state index in [4.69, 9.17) is 23.2 Å². The minimum atomic E-state index is -0.105. The highest BCUT2D eigenvalue weighted by atomic mass is 35.5. The molecule has 0 aromatic heterocycles. The normalized spacial score (nSPS) is 19.8. The van der Waals surface area contributed by atoms with Gasteiger partial charge >= 0.3 is 0 Å². The molecule has 1 heterocycles. The molecule has 2 N–H and O–H groups in total. The Labute approximate surface area is 104 Å². The van der Waals surface area contributed by atoms with Gasteiger partial charge in [-0.2, -0.15) is 0 Å². The van der Waals surface area contributed by atoms with Gasteiger partial charge in [0.2, 0.25) is 5.91 Å². The molecule has 1 aliphatic rings. The predicted molar refractivity (Wildman–Crippen MR) is 66.1 cm³/mol. The van der Waals surface area contributed by atoms with E-state index >= 15 is 0 Å². The monoisotopic (exact) mass is 258 g/mol. The van der Waals surface area contributed by atoms with Crippen LogP contribution in [0.25, 0.3) is 0 Å². The summed E-state index contributed by atoms with van der Waals surface area (Å²) in [4.78, 5) is 11.8. The van der Waals surface area contributed by atoms with Crippen LogP contribution in [-0.2, 0) is 4.79 Å². The van der Waals surface area contributed by atoms with E-state index in [-0.39, 0.29) is 11.9 Å². The molecule has 1 aliphatic heterocycles. The average molecular weight is 259 g/mol. The average Bonchev–Trinajstić information content (AvgIpc) is 2.75. The highest BCUT2D eigenvalue weighted by molar-refractivity contribution is 6.36. The number of anilines is 1. The lowest BCUT2D eigenvalue weighted by atomic mass is 10.2. The van der Waals surface area contributed by atoms with Gasteiger partial charge in [-0.05, 0) is 37.6 Å². The molecule has 1 fully saturated rings. The minimum Gasteiger partial charge on any atom is -0.323 e. The number of rotatable bonds is 2. The van der Waals surface area contributed by atoms with E-state index in [1.54, 1.807) is 18.2 Å². The zero-order valence-corrected chi connectivity index (χ0v) is 10.1. The van der Waals surface area contributed by atoms with Gasteiger partial charge in [0, 0.05) is 5.02 Å². The molecule has 2 rings (SSSR count). The van der Waals surface area contributed by atoms with Crippen LogP contribution >= 0.6 is 23.2 Å². The number of benzene rings is 1. The fourth-order valence-electron chi connectivity index (χ4n) is 1.72. The predicted octanol–water partition coefficient (Wildman–Crippen LogP) is 2.68. The lowest BCUT2D eigenvalue weighted by molar-refractivity contribution is -0.117. The third kappa shape index (κ3) is 2.67. The highest BCUT2D eigenvalue weighted by Gasteiger charge is 2.22. The fraction of sp³-hybridized carbons (Fsp3) is 0.364. The van der Waals surface area contributed by atoms with Gasteiger partial charge in [0.25, 0.3) is 0 Å². The Morgan fingerprint density at radius 3 is 2.88 bits per heavy atom. The third-order valence-corrected chi connectivity index (χ3v) is 3.11. The van der Waals surface area contributed by atoms with Crippen molar-refractivity contribution in [3.05, 3.63) is 28.2 Å². The molecular formula is C11H12Cl2N2O. The molecule has 1 aromatic carbocycles. The molecule has 1 atom stereocenters. The van der Waals surface area contributed by atoms with E-state index in [1.165, 1.54) is 0 Å². The number of carbonyl (C=O) groups is 1. The van der Waals surface area contributed by atoms with Gasteiger partial charge in [-0.25, -0.2) is 0 Å². The summed E-state index contributed by atoms with van der Waals surface area (Å²) in [5.74, 6) is -0.0401. The van der Waals surface area contributed by atoms with Gasteiger partial charge in [0.05, 0.1) is 16.8 Å². The van der Waals surface area contributed by atoms with Crippen molar-refractivity contribution in [3.63, 3.8) is 0 Å². The standard InChI is InChI=1S/C11H12Cl2N2O/c12-7-3-4-9(8(13)6-7)15-11(16)10-2-1-5-14-10/h3-4,6,10,14H,1-2,5H2,(H,15,16). The Morgan fingerprint density at radius 1 is 1.44 bits per heavy atom. The Hall–Kier alpha value is -0.770. The first-order chi connectivity index (χ1) is 7.66. The van der Waals surface area contributed by atoms with Gasteiger partial charge in [-0.3, -0.25) is 4.79 Å². The first kappa shape index (κ1) is 11.7. The van der Waals surface area contributed by atoms with Crippen molar-refractivity contribution in [3.8, 4) is 0 Å². The molecule has 0 bridgehead atoms. The smallest absolute Gasteiger partial charge is 0.241 e. The van der Waals surface area contributed by atoms with Crippen LogP contribution in [0.2, 0.25) is 10.0 Å². The van der Waals surface area contributed by atoms with Crippen molar-refractivity contribution < 1.29 is 4.79 Å². The number of carbonyl (C=O) groups excluding carboxylic acids is 1. The van der Waals surface area contributed by atoms with Gasteiger partial charge in [0.15, 0.2) is 0 Å². The summed E-state index contributed by atoms with van der Waals surface area (Å²) < 4.78 is 0. The van der Waals surface area contributed by atoms with Crippen molar-refractivity contribution >= 4 is 34.8 Å². The van der Waals surface area contributed by atoms with E-state index in [1.807, 2.05) is 0 Å². The van der Waals surface area contributed by atoms with Gasteiger partial charge in [-0.15, -0.1) is 0 Å². The molecule has 3 nitrogen and oxygen atoms in total. The maximum absolute atomic E-state index is 11.8. The third-order valence-electron chi connectivity index (χ3n) is 2.57. The summed E-state index contributed by atoms with van der Waals surface area (Å²) in [5.41, 5.74) is 0.602. The molecule has 5 heteroatoms. The van der Waals surface area contributed by atoms with Crippen molar-refractivity contribution in [1.82, 2.24) is 5.32 Å². The van der Waals surface area contributed by atoms with Crippen molar-refractivity contribution in [2.45, 2.75) is 18.9 Å². The van der Waals surface area contributed by atoms with E-state index < -0.39 is 0 Å². The summed E-state index contributed by atoms with van der Waals surface area (Å²) in [6.45, 7) is 0.895. The van der Waals surface area contributed by atoms with Crippen LogP contribution in [0.5, 0.6) is 0 Å². The number of halogens is 2. The number of hydrogen-bond acceptors (Lipinski definition) is 2. The molecular weight excluding hydrogens is 247 g/mol. The van der Waals surface area contributed by atoms with Crippen LogP contribution in [0.4, 0.5) is 5.69 Å². The maximum Gasteiger partial charge on any atom is 0.241 e. The number of hydrogen-bond donors (Lipinski definition) is 2. The lowest BCUT2D eigenvalue weighted by Gasteiger charge is -2.12. The molecule has 0 spiro atoms. The van der Waals surface area contributed by atoms with Gasteiger partial charge in [0.1, 0.15) is 0 Å². The second kappa shape index (κ2) is 5.04. The Balaban J connectivity index is 2.05. The molecule has 16 heavy (non-hydrogen) atoms.